The van der Waals surface area contributed by atoms with Crippen LogP contribution in [-0.4, -0.2) is 15.0 Å². The molecular formula is C15H11NO3S. The van der Waals surface area contributed by atoms with Gasteiger partial charge in [-0.05, 0) is 29.8 Å². The van der Waals surface area contributed by atoms with Crippen LogP contribution in [0.5, 0.6) is 0 Å². The van der Waals surface area contributed by atoms with Crippen molar-refractivity contribution >= 4 is 27.6 Å². The van der Waals surface area contributed by atoms with Gasteiger partial charge in [-0.1, -0.05) is 35.8 Å². The van der Waals surface area contributed by atoms with E-state index in [0.717, 1.165) is 16.0 Å². The Hall–Kier alpha value is -2.40. The summed E-state index contributed by atoms with van der Waals surface area (Å²) < 4.78 is 2.56. The maximum atomic E-state index is 12.3. The molecule has 0 radical (unpaired) electrons. The van der Waals surface area contributed by atoms with E-state index in [0.29, 0.717) is 5.39 Å². The smallest absolute Gasteiger partial charge is 0.307 e. The summed E-state index contributed by atoms with van der Waals surface area (Å²) in [7, 11) is 0. The number of carboxylic acids is 1. The number of aromatic nitrogens is 1. The molecule has 0 aliphatic heterocycles. The second-order valence-corrected chi connectivity index (χ2v) is 5.41. The van der Waals surface area contributed by atoms with Gasteiger partial charge in [-0.15, -0.1) is 0 Å². The van der Waals surface area contributed by atoms with E-state index in [1.807, 2.05) is 24.3 Å². The van der Waals surface area contributed by atoms with Gasteiger partial charge in [0, 0.05) is 0 Å². The number of carbonyl (C=O) groups is 1. The first-order valence-corrected chi connectivity index (χ1v) is 6.84. The minimum absolute atomic E-state index is 0.0123. The molecule has 3 rings (SSSR count). The molecule has 0 saturated carbocycles. The lowest BCUT2D eigenvalue weighted by atomic mass is 10.1. The molecule has 0 amide bonds. The van der Waals surface area contributed by atoms with Gasteiger partial charge >= 0.3 is 5.97 Å². The van der Waals surface area contributed by atoms with Crippen LogP contribution in [0.2, 0.25) is 0 Å². The van der Waals surface area contributed by atoms with E-state index in [4.69, 9.17) is 5.11 Å². The van der Waals surface area contributed by atoms with E-state index in [-0.39, 0.29) is 12.0 Å². The van der Waals surface area contributed by atoms with E-state index < -0.39 is 5.97 Å². The summed E-state index contributed by atoms with van der Waals surface area (Å²) in [4.78, 5) is 22.9. The van der Waals surface area contributed by atoms with Gasteiger partial charge in [0.25, 0.3) is 5.56 Å². The van der Waals surface area contributed by atoms with Crippen LogP contribution >= 0.6 is 11.5 Å². The van der Waals surface area contributed by atoms with Crippen molar-refractivity contribution in [3.05, 3.63) is 64.4 Å². The van der Waals surface area contributed by atoms with Crippen LogP contribution in [0.1, 0.15) is 5.56 Å². The zero-order valence-corrected chi connectivity index (χ0v) is 11.3. The highest BCUT2D eigenvalue weighted by Gasteiger charge is 2.08. The summed E-state index contributed by atoms with van der Waals surface area (Å²) in [5.74, 6) is -0.864. The molecule has 2 aromatic carbocycles. The molecule has 0 aliphatic rings. The Balaban J connectivity index is 2.05. The van der Waals surface area contributed by atoms with Crippen LogP contribution in [0.4, 0.5) is 0 Å². The SMILES string of the molecule is O=C(O)Cc1ccc(-n2sc3ccccc3c2=O)cc1. The predicted octanol–water partition coefficient (Wildman–Crippen LogP) is 2.68. The van der Waals surface area contributed by atoms with Gasteiger partial charge < -0.3 is 5.11 Å². The highest BCUT2D eigenvalue weighted by molar-refractivity contribution is 7.14. The molecule has 5 heteroatoms. The Labute approximate surface area is 118 Å². The molecule has 0 atom stereocenters. The van der Waals surface area contributed by atoms with E-state index in [2.05, 4.69) is 0 Å². The second kappa shape index (κ2) is 4.94. The number of fused-ring (bicyclic) bond motifs is 1. The fraction of sp³-hybridized carbons (Fsp3) is 0.0667. The predicted molar refractivity (Wildman–Crippen MR) is 78.8 cm³/mol. The summed E-state index contributed by atoms with van der Waals surface area (Å²) in [6.45, 7) is 0. The minimum Gasteiger partial charge on any atom is -0.481 e. The highest BCUT2D eigenvalue weighted by atomic mass is 32.1. The van der Waals surface area contributed by atoms with Gasteiger partial charge in [-0.25, -0.2) is 3.96 Å². The maximum Gasteiger partial charge on any atom is 0.307 e. The third-order valence-corrected chi connectivity index (χ3v) is 4.13. The largest absolute Gasteiger partial charge is 0.481 e. The molecule has 0 fully saturated rings. The fourth-order valence-corrected chi connectivity index (χ4v) is 3.06. The Morgan fingerprint density at radius 2 is 1.80 bits per heavy atom. The zero-order chi connectivity index (χ0) is 14.1. The molecule has 0 aliphatic carbocycles. The van der Waals surface area contributed by atoms with Crippen molar-refractivity contribution < 1.29 is 9.90 Å². The third-order valence-electron chi connectivity index (χ3n) is 3.02. The summed E-state index contributed by atoms with van der Waals surface area (Å²) in [5.41, 5.74) is 1.43. The van der Waals surface area contributed by atoms with Gasteiger partial charge in [-0.3, -0.25) is 9.59 Å². The second-order valence-electron chi connectivity index (χ2n) is 4.42. The van der Waals surface area contributed by atoms with E-state index in [1.165, 1.54) is 11.5 Å². The molecule has 0 spiro atoms. The molecule has 1 aromatic heterocycles. The summed E-state index contributed by atoms with van der Waals surface area (Å²) in [6.07, 6.45) is -0.0123. The molecule has 0 unspecified atom stereocenters. The Bertz CT molecular complexity index is 830. The summed E-state index contributed by atoms with van der Waals surface area (Å²) in [5, 5.41) is 9.44. The van der Waals surface area contributed by atoms with Crippen LogP contribution in [0.15, 0.2) is 53.3 Å². The summed E-state index contributed by atoms with van der Waals surface area (Å²) >= 11 is 1.38. The first-order valence-electron chi connectivity index (χ1n) is 6.07. The van der Waals surface area contributed by atoms with Crippen LogP contribution in [-0.2, 0) is 11.2 Å². The molecule has 0 saturated heterocycles. The lowest BCUT2D eigenvalue weighted by Gasteiger charge is -2.01. The number of aliphatic carboxylic acids is 1. The monoisotopic (exact) mass is 285 g/mol. The molecule has 4 nitrogen and oxygen atoms in total. The lowest BCUT2D eigenvalue weighted by molar-refractivity contribution is -0.136. The van der Waals surface area contributed by atoms with Gasteiger partial charge in [0.1, 0.15) is 0 Å². The van der Waals surface area contributed by atoms with Crippen molar-refractivity contribution in [3.8, 4) is 5.69 Å². The maximum absolute atomic E-state index is 12.3. The van der Waals surface area contributed by atoms with E-state index in [9.17, 15) is 9.59 Å². The Morgan fingerprint density at radius 3 is 2.45 bits per heavy atom. The average molecular weight is 285 g/mol. The number of benzene rings is 2. The van der Waals surface area contributed by atoms with Crippen molar-refractivity contribution in [2.24, 2.45) is 0 Å². The average Bonchev–Trinajstić information content (AvgIpc) is 2.77. The molecule has 0 bridgehead atoms. The molecule has 20 heavy (non-hydrogen) atoms. The first kappa shape index (κ1) is 12.6. The number of carboxylic acid groups (broad SMARTS) is 1. The standard InChI is InChI=1S/C15H11NO3S/c17-14(18)9-10-5-7-11(8-6-10)16-15(19)12-3-1-2-4-13(12)20-16/h1-8H,9H2,(H,17,18). The van der Waals surface area contributed by atoms with Crippen molar-refractivity contribution in [3.63, 3.8) is 0 Å². The Morgan fingerprint density at radius 1 is 1.10 bits per heavy atom. The van der Waals surface area contributed by atoms with E-state index >= 15 is 0 Å². The van der Waals surface area contributed by atoms with Crippen LogP contribution in [0, 0.1) is 0 Å². The number of rotatable bonds is 3. The molecule has 3 aromatic rings. The van der Waals surface area contributed by atoms with Gasteiger partial charge in [0.05, 0.1) is 22.2 Å². The minimum atomic E-state index is -0.864. The third kappa shape index (κ3) is 2.23. The van der Waals surface area contributed by atoms with Crippen molar-refractivity contribution in [1.29, 1.82) is 0 Å². The topological polar surface area (TPSA) is 59.3 Å². The molecule has 1 N–H and O–H groups in total. The fourth-order valence-electron chi connectivity index (χ4n) is 2.07. The first-order chi connectivity index (χ1) is 9.65. The molecular weight excluding hydrogens is 274 g/mol. The highest BCUT2D eigenvalue weighted by Crippen LogP contribution is 2.20. The quantitative estimate of drug-likeness (QED) is 0.805. The zero-order valence-electron chi connectivity index (χ0n) is 10.4. The van der Waals surface area contributed by atoms with Crippen molar-refractivity contribution in [2.45, 2.75) is 6.42 Å². The number of nitrogens with zero attached hydrogens (tertiary/aromatic N) is 1. The Kier molecular flexibility index (Phi) is 3.12. The molecule has 1 heterocycles. The molecule has 100 valence electrons. The van der Waals surface area contributed by atoms with Gasteiger partial charge in [0.15, 0.2) is 0 Å². The van der Waals surface area contributed by atoms with Gasteiger partial charge in [0.2, 0.25) is 0 Å². The van der Waals surface area contributed by atoms with Crippen molar-refractivity contribution in [2.75, 3.05) is 0 Å². The van der Waals surface area contributed by atoms with E-state index in [1.54, 1.807) is 28.2 Å². The van der Waals surface area contributed by atoms with Crippen LogP contribution < -0.4 is 5.56 Å². The van der Waals surface area contributed by atoms with Gasteiger partial charge in [-0.2, -0.15) is 0 Å². The summed E-state index contributed by atoms with van der Waals surface area (Å²) in [6, 6.07) is 14.5. The van der Waals surface area contributed by atoms with Crippen LogP contribution in [0.3, 0.4) is 0 Å². The van der Waals surface area contributed by atoms with Crippen LogP contribution in [0.25, 0.3) is 15.8 Å². The lowest BCUT2D eigenvalue weighted by Crippen LogP contribution is -2.10. The number of hydrogen-bond donors (Lipinski definition) is 1. The normalized spacial score (nSPS) is 10.8. The number of hydrogen-bond acceptors (Lipinski definition) is 3. The van der Waals surface area contributed by atoms with Crippen molar-refractivity contribution in [1.82, 2.24) is 3.96 Å².